The van der Waals surface area contributed by atoms with Crippen LogP contribution in [0, 0.1) is 0 Å². The molecule has 0 N–H and O–H groups in total. The molecule has 0 aromatic heterocycles. The Bertz CT molecular complexity index is 226. The van der Waals surface area contributed by atoms with Crippen LogP contribution in [-0.2, 0) is 23.4 Å². The van der Waals surface area contributed by atoms with Gasteiger partial charge in [0.1, 0.15) is 0 Å². The fourth-order valence-corrected chi connectivity index (χ4v) is 2.51. The van der Waals surface area contributed by atoms with Crippen LogP contribution in [0.2, 0.25) is 19.6 Å². The van der Waals surface area contributed by atoms with E-state index in [4.69, 9.17) is 23.4 Å². The highest BCUT2D eigenvalue weighted by atomic mass is 28.4. The molecule has 1 fully saturated rings. The first-order valence-electron chi connectivity index (χ1n) is 7.60. The standard InChI is InChI=1S/C14H30O5Si/c1-20(2,3)19-13-11-16-9-8-15-10-12-18-14-6-4-5-7-17-14/h14H,4-13H2,1-3H3. The first-order chi connectivity index (χ1) is 9.58. The maximum absolute atomic E-state index is 5.68. The van der Waals surface area contributed by atoms with E-state index in [1.165, 1.54) is 6.42 Å². The zero-order valence-corrected chi connectivity index (χ0v) is 14.2. The van der Waals surface area contributed by atoms with Crippen molar-refractivity contribution >= 4 is 8.32 Å². The molecule has 0 aromatic rings. The molecule has 1 aliphatic rings. The number of ether oxygens (including phenoxy) is 4. The van der Waals surface area contributed by atoms with Gasteiger partial charge in [-0.1, -0.05) is 0 Å². The van der Waals surface area contributed by atoms with Gasteiger partial charge in [-0.3, -0.25) is 0 Å². The van der Waals surface area contributed by atoms with Crippen molar-refractivity contribution in [2.45, 2.75) is 45.2 Å². The van der Waals surface area contributed by atoms with E-state index in [1.807, 2.05) is 0 Å². The summed E-state index contributed by atoms with van der Waals surface area (Å²) >= 11 is 0. The van der Waals surface area contributed by atoms with Gasteiger partial charge < -0.3 is 23.4 Å². The van der Waals surface area contributed by atoms with Gasteiger partial charge in [-0.15, -0.1) is 0 Å². The molecule has 5 nitrogen and oxygen atoms in total. The molecule has 1 aliphatic heterocycles. The van der Waals surface area contributed by atoms with Crippen LogP contribution in [0.4, 0.5) is 0 Å². The summed E-state index contributed by atoms with van der Waals surface area (Å²) in [4.78, 5) is 0. The average molecular weight is 306 g/mol. The van der Waals surface area contributed by atoms with E-state index in [9.17, 15) is 0 Å². The van der Waals surface area contributed by atoms with Crippen LogP contribution >= 0.6 is 0 Å². The third-order valence-electron chi connectivity index (χ3n) is 2.80. The Morgan fingerprint density at radius 3 is 2.15 bits per heavy atom. The van der Waals surface area contributed by atoms with Gasteiger partial charge in [0.2, 0.25) is 0 Å². The molecule has 0 amide bonds. The largest absolute Gasteiger partial charge is 0.415 e. The second-order valence-electron chi connectivity index (χ2n) is 5.85. The molecule has 1 unspecified atom stereocenters. The van der Waals surface area contributed by atoms with Crippen molar-refractivity contribution in [1.29, 1.82) is 0 Å². The molecule has 20 heavy (non-hydrogen) atoms. The smallest absolute Gasteiger partial charge is 0.183 e. The normalized spacial score (nSPS) is 20.2. The van der Waals surface area contributed by atoms with Crippen molar-refractivity contribution in [2.24, 2.45) is 0 Å². The van der Waals surface area contributed by atoms with E-state index in [1.54, 1.807) is 0 Å². The fourth-order valence-electron chi connectivity index (χ4n) is 1.81. The van der Waals surface area contributed by atoms with Crippen LogP contribution < -0.4 is 0 Å². The second kappa shape index (κ2) is 10.7. The highest BCUT2D eigenvalue weighted by Crippen LogP contribution is 2.13. The van der Waals surface area contributed by atoms with Crippen molar-refractivity contribution < 1.29 is 23.4 Å². The molecule has 0 bridgehead atoms. The van der Waals surface area contributed by atoms with E-state index in [2.05, 4.69) is 19.6 Å². The van der Waals surface area contributed by atoms with Crippen LogP contribution in [-0.4, -0.2) is 60.9 Å². The Hall–Kier alpha value is 0.0169. The van der Waals surface area contributed by atoms with Crippen molar-refractivity contribution in [3.05, 3.63) is 0 Å². The lowest BCUT2D eigenvalue weighted by atomic mass is 10.2. The molecule has 0 saturated carbocycles. The Labute approximate surface area is 124 Å². The third kappa shape index (κ3) is 10.8. The van der Waals surface area contributed by atoms with Crippen molar-refractivity contribution in [3.8, 4) is 0 Å². The molecular formula is C14H30O5Si. The minimum Gasteiger partial charge on any atom is -0.415 e. The highest BCUT2D eigenvalue weighted by Gasteiger charge is 2.14. The molecular weight excluding hydrogens is 276 g/mol. The van der Waals surface area contributed by atoms with E-state index in [0.717, 1.165) is 19.4 Å². The minimum atomic E-state index is -1.40. The Kier molecular flexibility index (Phi) is 9.67. The van der Waals surface area contributed by atoms with Crippen molar-refractivity contribution in [2.75, 3.05) is 46.2 Å². The molecule has 0 aliphatic carbocycles. The number of hydrogen-bond acceptors (Lipinski definition) is 5. The number of rotatable bonds is 11. The van der Waals surface area contributed by atoms with Gasteiger partial charge in [-0.05, 0) is 38.9 Å². The predicted octanol–water partition coefficient (Wildman–Crippen LogP) is 2.41. The summed E-state index contributed by atoms with van der Waals surface area (Å²) in [7, 11) is -1.40. The lowest BCUT2D eigenvalue weighted by molar-refractivity contribution is -0.169. The summed E-state index contributed by atoms with van der Waals surface area (Å²) in [5.41, 5.74) is 0. The van der Waals surface area contributed by atoms with Gasteiger partial charge in [0.15, 0.2) is 14.6 Å². The summed E-state index contributed by atoms with van der Waals surface area (Å²) in [6.45, 7) is 11.0. The topological polar surface area (TPSA) is 46.2 Å². The SMILES string of the molecule is C[Si](C)(C)OCCOCCOCCOC1CCCCO1. The quantitative estimate of drug-likeness (QED) is 0.433. The summed E-state index contributed by atoms with van der Waals surface area (Å²) in [6.07, 6.45) is 3.32. The highest BCUT2D eigenvalue weighted by molar-refractivity contribution is 6.69. The summed E-state index contributed by atoms with van der Waals surface area (Å²) < 4.78 is 27.6. The van der Waals surface area contributed by atoms with E-state index in [0.29, 0.717) is 39.6 Å². The maximum atomic E-state index is 5.68. The molecule has 1 rings (SSSR count). The van der Waals surface area contributed by atoms with Gasteiger partial charge in [0.25, 0.3) is 0 Å². The molecule has 6 heteroatoms. The Morgan fingerprint density at radius 2 is 1.55 bits per heavy atom. The van der Waals surface area contributed by atoms with Crippen LogP contribution in [0.25, 0.3) is 0 Å². The van der Waals surface area contributed by atoms with Crippen LogP contribution in [0.3, 0.4) is 0 Å². The minimum absolute atomic E-state index is 0.0256. The average Bonchev–Trinajstić information content (AvgIpc) is 2.41. The van der Waals surface area contributed by atoms with Gasteiger partial charge in [-0.2, -0.15) is 0 Å². The Balaban J connectivity index is 1.76. The van der Waals surface area contributed by atoms with Crippen LogP contribution in [0.15, 0.2) is 0 Å². The second-order valence-corrected chi connectivity index (χ2v) is 10.4. The first kappa shape index (κ1) is 18.1. The monoisotopic (exact) mass is 306 g/mol. The zero-order chi connectivity index (χ0) is 14.7. The lowest BCUT2D eigenvalue weighted by Gasteiger charge is -2.22. The predicted molar refractivity (Wildman–Crippen MR) is 80.5 cm³/mol. The van der Waals surface area contributed by atoms with E-state index >= 15 is 0 Å². The summed E-state index contributed by atoms with van der Waals surface area (Å²) in [6, 6.07) is 0. The van der Waals surface area contributed by atoms with E-state index in [-0.39, 0.29) is 6.29 Å². The lowest BCUT2D eigenvalue weighted by Crippen LogP contribution is -2.27. The van der Waals surface area contributed by atoms with Gasteiger partial charge in [-0.25, -0.2) is 0 Å². The molecule has 0 aromatic carbocycles. The van der Waals surface area contributed by atoms with Gasteiger partial charge in [0.05, 0.1) is 39.6 Å². The summed E-state index contributed by atoms with van der Waals surface area (Å²) in [5.74, 6) is 0. The zero-order valence-electron chi connectivity index (χ0n) is 13.2. The van der Waals surface area contributed by atoms with Gasteiger partial charge in [0, 0.05) is 6.61 Å². The van der Waals surface area contributed by atoms with Crippen molar-refractivity contribution in [1.82, 2.24) is 0 Å². The van der Waals surface area contributed by atoms with Crippen molar-refractivity contribution in [3.63, 3.8) is 0 Å². The number of hydrogen-bond donors (Lipinski definition) is 0. The third-order valence-corrected chi connectivity index (χ3v) is 3.87. The van der Waals surface area contributed by atoms with Crippen LogP contribution in [0.5, 0.6) is 0 Å². The Morgan fingerprint density at radius 1 is 0.900 bits per heavy atom. The molecule has 1 atom stereocenters. The van der Waals surface area contributed by atoms with Crippen LogP contribution in [0.1, 0.15) is 19.3 Å². The van der Waals surface area contributed by atoms with E-state index < -0.39 is 8.32 Å². The maximum Gasteiger partial charge on any atom is 0.183 e. The molecule has 0 spiro atoms. The molecule has 1 saturated heterocycles. The fraction of sp³-hybridized carbons (Fsp3) is 1.00. The van der Waals surface area contributed by atoms with Gasteiger partial charge >= 0.3 is 0 Å². The molecule has 1 heterocycles. The molecule has 0 radical (unpaired) electrons. The first-order valence-corrected chi connectivity index (χ1v) is 11.0. The molecule has 120 valence electrons. The summed E-state index contributed by atoms with van der Waals surface area (Å²) in [5, 5.41) is 0.